The van der Waals surface area contributed by atoms with E-state index >= 15 is 0 Å². The van der Waals surface area contributed by atoms with Crippen LogP contribution in [-0.4, -0.2) is 35.1 Å². The number of para-hydroxylation sites is 1. The van der Waals surface area contributed by atoms with Crippen LogP contribution < -0.4 is 9.80 Å². The van der Waals surface area contributed by atoms with Gasteiger partial charge in [-0.05, 0) is 42.5 Å². The zero-order valence-electron chi connectivity index (χ0n) is 17.6. The Morgan fingerprint density at radius 2 is 1.75 bits per heavy atom. The van der Waals surface area contributed by atoms with Gasteiger partial charge in [-0.1, -0.05) is 29.8 Å². The SMILES string of the molecule is COC(=O)N(OC)c1ccccc1COc1ccn(-c2ccc(Cl)cc2)n1.c1cc[nH]c1. The second kappa shape index (κ2) is 11.6. The molecule has 8 nitrogen and oxygen atoms in total. The number of hydrogen-bond acceptors (Lipinski definition) is 5. The Bertz CT molecular complexity index is 1080. The summed E-state index contributed by atoms with van der Waals surface area (Å²) < 4.78 is 12.2. The number of H-pyrrole nitrogens is 1. The molecule has 0 fully saturated rings. The van der Waals surface area contributed by atoms with Gasteiger partial charge in [0.05, 0.1) is 25.6 Å². The smallest absolute Gasteiger partial charge is 0.438 e. The van der Waals surface area contributed by atoms with Crippen molar-refractivity contribution in [2.45, 2.75) is 6.61 Å². The summed E-state index contributed by atoms with van der Waals surface area (Å²) >= 11 is 5.91. The Balaban J connectivity index is 0.000000509. The lowest BCUT2D eigenvalue weighted by Crippen LogP contribution is -2.30. The van der Waals surface area contributed by atoms with Crippen molar-refractivity contribution in [3.05, 3.63) is 95.9 Å². The molecular weight excluding hydrogens is 432 g/mol. The lowest BCUT2D eigenvalue weighted by Gasteiger charge is -2.20. The number of ether oxygens (including phenoxy) is 2. The first-order chi connectivity index (χ1) is 15.6. The van der Waals surface area contributed by atoms with Gasteiger partial charge in [0.1, 0.15) is 6.61 Å². The third kappa shape index (κ3) is 6.13. The molecule has 4 rings (SSSR count). The normalized spacial score (nSPS) is 10.1. The highest BCUT2D eigenvalue weighted by molar-refractivity contribution is 6.30. The van der Waals surface area contributed by atoms with Crippen LogP contribution in [0.2, 0.25) is 5.02 Å². The molecule has 32 heavy (non-hydrogen) atoms. The van der Waals surface area contributed by atoms with Gasteiger partial charge in [-0.25, -0.2) is 9.48 Å². The molecule has 4 aromatic rings. The fourth-order valence-corrected chi connectivity index (χ4v) is 2.86. The predicted octanol–water partition coefficient (Wildman–Crippen LogP) is 5.25. The molecule has 2 aromatic carbocycles. The number of amides is 1. The molecule has 0 aliphatic carbocycles. The largest absolute Gasteiger partial charge is 0.472 e. The first-order valence-electron chi connectivity index (χ1n) is 9.64. The van der Waals surface area contributed by atoms with Crippen LogP contribution in [0.15, 0.2) is 85.3 Å². The third-order valence-corrected chi connectivity index (χ3v) is 4.51. The van der Waals surface area contributed by atoms with Gasteiger partial charge >= 0.3 is 6.09 Å². The number of aromatic amines is 1. The highest BCUT2D eigenvalue weighted by atomic mass is 35.5. The van der Waals surface area contributed by atoms with Gasteiger partial charge in [-0.15, -0.1) is 5.10 Å². The molecule has 0 saturated carbocycles. The lowest BCUT2D eigenvalue weighted by molar-refractivity contribution is 0.115. The predicted molar refractivity (Wildman–Crippen MR) is 122 cm³/mol. The fourth-order valence-electron chi connectivity index (χ4n) is 2.74. The van der Waals surface area contributed by atoms with Crippen LogP contribution in [0.4, 0.5) is 10.5 Å². The van der Waals surface area contributed by atoms with Gasteiger partial charge in [0.15, 0.2) is 0 Å². The molecule has 166 valence electrons. The summed E-state index contributed by atoms with van der Waals surface area (Å²) in [6, 6.07) is 20.2. The maximum atomic E-state index is 11.9. The Labute approximate surface area is 190 Å². The number of hydrogen-bond donors (Lipinski definition) is 1. The Morgan fingerprint density at radius 3 is 2.38 bits per heavy atom. The van der Waals surface area contributed by atoms with Gasteiger partial charge in [-0.2, -0.15) is 5.06 Å². The molecule has 0 bridgehead atoms. The van der Waals surface area contributed by atoms with Gasteiger partial charge in [0.25, 0.3) is 0 Å². The van der Waals surface area contributed by atoms with Crippen molar-refractivity contribution in [2.24, 2.45) is 0 Å². The molecule has 0 aliphatic rings. The average molecular weight is 455 g/mol. The van der Waals surface area contributed by atoms with E-state index in [4.69, 9.17) is 25.9 Å². The average Bonchev–Trinajstić information content (AvgIpc) is 3.55. The second-order valence-corrected chi connectivity index (χ2v) is 6.76. The highest BCUT2D eigenvalue weighted by Crippen LogP contribution is 2.23. The minimum absolute atomic E-state index is 0.199. The lowest BCUT2D eigenvalue weighted by atomic mass is 10.2. The molecule has 2 heterocycles. The van der Waals surface area contributed by atoms with E-state index in [2.05, 4.69) is 10.1 Å². The molecule has 0 saturated heterocycles. The maximum Gasteiger partial charge on any atom is 0.438 e. The topological polar surface area (TPSA) is 81.6 Å². The van der Waals surface area contributed by atoms with Gasteiger partial charge < -0.3 is 14.5 Å². The van der Waals surface area contributed by atoms with Crippen LogP contribution in [0.25, 0.3) is 5.69 Å². The molecule has 1 amide bonds. The first kappa shape index (κ1) is 22.9. The van der Waals surface area contributed by atoms with Gasteiger partial charge in [0, 0.05) is 35.2 Å². The number of rotatable bonds is 6. The third-order valence-electron chi connectivity index (χ3n) is 4.26. The fraction of sp³-hybridized carbons (Fsp3) is 0.130. The Hall–Kier alpha value is -3.75. The van der Waals surface area contributed by atoms with Crippen molar-refractivity contribution in [3.63, 3.8) is 0 Å². The number of nitrogens with zero attached hydrogens (tertiary/aromatic N) is 3. The minimum atomic E-state index is -0.628. The summed E-state index contributed by atoms with van der Waals surface area (Å²) in [6.45, 7) is 0.199. The van der Waals surface area contributed by atoms with Crippen molar-refractivity contribution in [2.75, 3.05) is 19.3 Å². The molecule has 0 unspecified atom stereocenters. The summed E-state index contributed by atoms with van der Waals surface area (Å²) in [5.74, 6) is 0.446. The van der Waals surface area contributed by atoms with E-state index in [1.165, 1.54) is 14.2 Å². The molecule has 0 spiro atoms. The summed E-state index contributed by atoms with van der Waals surface area (Å²) in [4.78, 5) is 19.9. The quantitative estimate of drug-likeness (QED) is 0.402. The number of aromatic nitrogens is 3. The van der Waals surface area contributed by atoms with Crippen LogP contribution in [0.3, 0.4) is 0 Å². The van der Waals surface area contributed by atoms with E-state index in [1.807, 2.05) is 48.8 Å². The monoisotopic (exact) mass is 454 g/mol. The number of halogens is 1. The molecule has 1 N–H and O–H groups in total. The highest BCUT2D eigenvalue weighted by Gasteiger charge is 2.19. The summed E-state index contributed by atoms with van der Waals surface area (Å²) in [6.07, 6.45) is 4.91. The van der Waals surface area contributed by atoms with Crippen molar-refractivity contribution in [3.8, 4) is 11.6 Å². The summed E-state index contributed by atoms with van der Waals surface area (Å²) in [7, 11) is 2.68. The van der Waals surface area contributed by atoms with E-state index in [1.54, 1.807) is 41.2 Å². The zero-order chi connectivity index (χ0) is 22.8. The number of methoxy groups -OCH3 is 1. The summed E-state index contributed by atoms with van der Waals surface area (Å²) in [5.41, 5.74) is 2.14. The van der Waals surface area contributed by atoms with Crippen molar-refractivity contribution >= 4 is 23.4 Å². The van der Waals surface area contributed by atoms with Crippen LogP contribution in [0.1, 0.15) is 5.56 Å². The molecule has 0 radical (unpaired) electrons. The van der Waals surface area contributed by atoms with E-state index in [0.717, 1.165) is 16.3 Å². The molecule has 0 atom stereocenters. The number of hydroxylamine groups is 1. The van der Waals surface area contributed by atoms with Crippen LogP contribution in [0.5, 0.6) is 5.88 Å². The van der Waals surface area contributed by atoms with Crippen LogP contribution in [0, 0.1) is 0 Å². The number of benzene rings is 2. The van der Waals surface area contributed by atoms with Crippen LogP contribution in [-0.2, 0) is 16.2 Å². The van der Waals surface area contributed by atoms with Gasteiger partial charge in [-0.3, -0.25) is 4.84 Å². The van der Waals surface area contributed by atoms with Crippen LogP contribution >= 0.6 is 11.6 Å². The number of carbonyl (C=O) groups is 1. The van der Waals surface area contributed by atoms with E-state index in [0.29, 0.717) is 16.6 Å². The zero-order valence-corrected chi connectivity index (χ0v) is 18.4. The van der Waals surface area contributed by atoms with Crippen molar-refractivity contribution < 1.29 is 19.1 Å². The maximum absolute atomic E-state index is 11.9. The Morgan fingerprint density at radius 1 is 1.03 bits per heavy atom. The molecule has 2 aromatic heterocycles. The Kier molecular flexibility index (Phi) is 8.30. The standard InChI is InChI=1S/C19H18ClN3O4.C4H5N/c1-25-19(24)23(26-2)17-6-4-3-5-14(17)13-27-18-11-12-22(21-18)16-9-7-15(20)8-10-16;1-2-4-5-3-1/h3-12H,13H2,1-2H3;1-5H. The van der Waals surface area contributed by atoms with Crippen molar-refractivity contribution in [1.29, 1.82) is 0 Å². The number of anilines is 1. The first-order valence-corrected chi connectivity index (χ1v) is 10.0. The molecular formula is C23H23ClN4O4. The van der Waals surface area contributed by atoms with Crippen molar-refractivity contribution in [1.82, 2.24) is 14.8 Å². The molecule has 9 heteroatoms. The van der Waals surface area contributed by atoms with E-state index < -0.39 is 6.09 Å². The summed E-state index contributed by atoms with van der Waals surface area (Å²) in [5, 5.41) is 6.11. The number of carbonyl (C=O) groups excluding carboxylic acids is 1. The van der Waals surface area contributed by atoms with E-state index in [-0.39, 0.29) is 6.61 Å². The second-order valence-electron chi connectivity index (χ2n) is 6.32. The number of nitrogens with one attached hydrogen (secondary N) is 1. The molecule has 0 aliphatic heterocycles. The van der Waals surface area contributed by atoms with Gasteiger partial charge in [0.2, 0.25) is 5.88 Å². The minimum Gasteiger partial charge on any atom is -0.472 e. The van der Waals surface area contributed by atoms with E-state index in [9.17, 15) is 4.79 Å².